The lowest BCUT2D eigenvalue weighted by molar-refractivity contribution is 0.0713. The van der Waals surface area contributed by atoms with E-state index >= 15 is 0 Å². The molecule has 1 amide bonds. The van der Waals surface area contributed by atoms with Gasteiger partial charge >= 0.3 is 10.1 Å². The van der Waals surface area contributed by atoms with Gasteiger partial charge in [0.15, 0.2) is 5.03 Å². The SMILES string of the molecule is O=C(c1cnc(S(=O)(=O)O)cc1Nc1ccc2c(c1)COC2)N1CCC(c2ccc(F)cc2)CC1. The van der Waals surface area contributed by atoms with E-state index < -0.39 is 15.1 Å². The van der Waals surface area contributed by atoms with Gasteiger partial charge in [-0.05, 0) is 59.7 Å². The van der Waals surface area contributed by atoms with Gasteiger partial charge in [0.1, 0.15) is 5.82 Å². The third kappa shape index (κ3) is 5.04. The summed E-state index contributed by atoms with van der Waals surface area (Å²) in [6.07, 6.45) is 2.62. The molecule has 10 heteroatoms. The summed E-state index contributed by atoms with van der Waals surface area (Å²) in [7, 11) is -4.56. The van der Waals surface area contributed by atoms with Crippen molar-refractivity contribution < 1.29 is 26.9 Å². The zero-order valence-corrected chi connectivity index (χ0v) is 19.6. The van der Waals surface area contributed by atoms with Gasteiger partial charge in [0.05, 0.1) is 24.5 Å². The van der Waals surface area contributed by atoms with Gasteiger partial charge in [-0.1, -0.05) is 18.2 Å². The zero-order chi connectivity index (χ0) is 24.6. The summed E-state index contributed by atoms with van der Waals surface area (Å²) in [5.41, 5.74) is 4.22. The van der Waals surface area contributed by atoms with Gasteiger partial charge < -0.3 is 15.0 Å². The molecule has 1 saturated heterocycles. The van der Waals surface area contributed by atoms with Gasteiger partial charge in [-0.2, -0.15) is 8.42 Å². The molecule has 182 valence electrons. The van der Waals surface area contributed by atoms with Gasteiger partial charge in [0, 0.05) is 31.0 Å². The van der Waals surface area contributed by atoms with Crippen molar-refractivity contribution in [3.05, 3.63) is 82.8 Å². The Hall–Kier alpha value is -3.34. The van der Waals surface area contributed by atoms with Crippen LogP contribution in [0.1, 0.15) is 45.8 Å². The van der Waals surface area contributed by atoms with Crippen molar-refractivity contribution in [2.75, 3.05) is 18.4 Å². The third-order valence-corrected chi connectivity index (χ3v) is 7.25. The zero-order valence-electron chi connectivity index (χ0n) is 18.8. The molecule has 35 heavy (non-hydrogen) atoms. The van der Waals surface area contributed by atoms with Gasteiger partial charge in [-0.25, -0.2) is 9.37 Å². The Bertz CT molecular complexity index is 1370. The van der Waals surface area contributed by atoms with Crippen LogP contribution in [0.4, 0.5) is 15.8 Å². The van der Waals surface area contributed by atoms with Crippen LogP contribution in [0.3, 0.4) is 0 Å². The first-order chi connectivity index (χ1) is 16.8. The van der Waals surface area contributed by atoms with Gasteiger partial charge in [0.25, 0.3) is 5.91 Å². The number of fused-ring (bicyclic) bond motifs is 1. The number of likely N-dealkylation sites (tertiary alicyclic amines) is 1. The number of hydrogen-bond donors (Lipinski definition) is 2. The van der Waals surface area contributed by atoms with Crippen LogP contribution in [0, 0.1) is 5.82 Å². The predicted octanol–water partition coefficient (Wildman–Crippen LogP) is 4.26. The van der Waals surface area contributed by atoms with E-state index in [4.69, 9.17) is 4.74 Å². The number of nitrogens with one attached hydrogen (secondary N) is 1. The monoisotopic (exact) mass is 497 g/mol. The minimum atomic E-state index is -4.56. The van der Waals surface area contributed by atoms with E-state index in [0.29, 0.717) is 32.0 Å². The van der Waals surface area contributed by atoms with Gasteiger partial charge in [-0.3, -0.25) is 9.35 Å². The van der Waals surface area contributed by atoms with E-state index in [1.54, 1.807) is 17.0 Å². The summed E-state index contributed by atoms with van der Waals surface area (Å²) < 4.78 is 51.6. The number of aromatic nitrogens is 1. The summed E-state index contributed by atoms with van der Waals surface area (Å²) >= 11 is 0. The van der Waals surface area contributed by atoms with E-state index in [0.717, 1.165) is 35.6 Å². The number of hydrogen-bond acceptors (Lipinski definition) is 6. The summed E-state index contributed by atoms with van der Waals surface area (Å²) in [4.78, 5) is 18.9. The number of amides is 1. The van der Waals surface area contributed by atoms with Crippen molar-refractivity contribution in [2.45, 2.75) is 37.0 Å². The Morgan fingerprint density at radius 1 is 1.06 bits per heavy atom. The number of carbonyl (C=O) groups is 1. The molecule has 2 aliphatic rings. The molecule has 1 fully saturated rings. The minimum Gasteiger partial charge on any atom is -0.372 e. The fourth-order valence-corrected chi connectivity index (χ4v) is 5.03. The summed E-state index contributed by atoms with van der Waals surface area (Å²) in [5, 5.41) is 2.58. The number of rotatable bonds is 5. The van der Waals surface area contributed by atoms with Crippen LogP contribution < -0.4 is 5.32 Å². The molecule has 0 aliphatic carbocycles. The molecule has 0 radical (unpaired) electrons. The van der Waals surface area contributed by atoms with Crippen LogP contribution >= 0.6 is 0 Å². The lowest BCUT2D eigenvalue weighted by atomic mass is 9.89. The lowest BCUT2D eigenvalue weighted by Crippen LogP contribution is -2.38. The van der Waals surface area contributed by atoms with Crippen LogP contribution in [0.2, 0.25) is 0 Å². The second kappa shape index (κ2) is 9.37. The molecule has 0 atom stereocenters. The summed E-state index contributed by atoms with van der Waals surface area (Å²) in [5.74, 6) is -0.340. The average Bonchev–Trinajstić information content (AvgIpc) is 3.32. The molecule has 0 saturated carbocycles. The van der Waals surface area contributed by atoms with E-state index in [1.807, 2.05) is 18.2 Å². The maximum absolute atomic E-state index is 13.4. The number of pyridine rings is 1. The number of benzene rings is 2. The van der Waals surface area contributed by atoms with Crippen LogP contribution in [0.15, 0.2) is 59.8 Å². The van der Waals surface area contributed by atoms with E-state index in [1.165, 1.54) is 18.3 Å². The van der Waals surface area contributed by atoms with Crippen LogP contribution in [0.5, 0.6) is 0 Å². The maximum atomic E-state index is 13.4. The maximum Gasteiger partial charge on any atom is 0.312 e. The third-order valence-electron chi connectivity index (χ3n) is 6.50. The molecule has 0 bridgehead atoms. The average molecular weight is 498 g/mol. The van der Waals surface area contributed by atoms with Crippen molar-refractivity contribution in [3.63, 3.8) is 0 Å². The molecular formula is C25H24FN3O5S. The molecule has 0 spiro atoms. The van der Waals surface area contributed by atoms with E-state index in [-0.39, 0.29) is 28.9 Å². The highest BCUT2D eigenvalue weighted by molar-refractivity contribution is 7.85. The Kier molecular flexibility index (Phi) is 6.26. The Morgan fingerprint density at radius 3 is 2.49 bits per heavy atom. The van der Waals surface area contributed by atoms with Crippen LogP contribution in [0.25, 0.3) is 0 Å². The highest BCUT2D eigenvalue weighted by Gasteiger charge is 2.27. The van der Waals surface area contributed by atoms with Gasteiger partial charge in [-0.15, -0.1) is 0 Å². The number of nitrogens with zero attached hydrogens (tertiary/aromatic N) is 2. The molecule has 2 aliphatic heterocycles. The largest absolute Gasteiger partial charge is 0.372 e. The predicted molar refractivity (Wildman–Crippen MR) is 127 cm³/mol. The topological polar surface area (TPSA) is 109 Å². The van der Waals surface area contributed by atoms with Crippen molar-refractivity contribution in [2.24, 2.45) is 0 Å². The first-order valence-corrected chi connectivity index (χ1v) is 12.7. The minimum absolute atomic E-state index is 0.203. The number of anilines is 2. The number of carbonyl (C=O) groups excluding carboxylic acids is 1. The van der Waals surface area contributed by atoms with E-state index in [2.05, 4.69) is 10.3 Å². The van der Waals surface area contributed by atoms with Crippen molar-refractivity contribution in [1.82, 2.24) is 9.88 Å². The Labute approximate surface area is 202 Å². The fraction of sp³-hybridized carbons (Fsp3) is 0.280. The molecule has 3 heterocycles. The highest BCUT2D eigenvalue weighted by Crippen LogP contribution is 2.31. The van der Waals surface area contributed by atoms with Crippen molar-refractivity contribution >= 4 is 27.4 Å². The molecule has 8 nitrogen and oxygen atoms in total. The fourth-order valence-electron chi connectivity index (χ4n) is 4.58. The highest BCUT2D eigenvalue weighted by atomic mass is 32.2. The number of ether oxygens (including phenoxy) is 1. The quantitative estimate of drug-likeness (QED) is 0.507. The number of halogens is 1. The molecule has 3 aromatic rings. The smallest absolute Gasteiger partial charge is 0.312 e. The molecule has 0 unspecified atom stereocenters. The summed E-state index contributed by atoms with van der Waals surface area (Å²) in [6.45, 7) is 2.01. The van der Waals surface area contributed by atoms with Crippen molar-refractivity contribution in [3.8, 4) is 0 Å². The van der Waals surface area contributed by atoms with Crippen LogP contribution in [-0.4, -0.2) is 41.9 Å². The molecule has 2 N–H and O–H groups in total. The lowest BCUT2D eigenvalue weighted by Gasteiger charge is -2.32. The number of piperidine rings is 1. The Morgan fingerprint density at radius 2 is 1.77 bits per heavy atom. The molecule has 5 rings (SSSR count). The summed E-state index contributed by atoms with van der Waals surface area (Å²) in [6, 6.07) is 13.2. The standard InChI is InChI=1S/C25H24FN3O5S/c26-20-4-1-16(2-5-20)17-7-9-29(10-8-17)25(30)22-13-27-24(35(31,32)33)12-23(22)28-21-6-3-18-14-34-15-19(18)11-21/h1-6,11-13,17H,7-10,14-15H2,(H,27,28)(H,31,32,33). The van der Waals surface area contributed by atoms with E-state index in [9.17, 15) is 22.2 Å². The normalized spacial score (nSPS) is 16.2. The molecule has 2 aromatic carbocycles. The first-order valence-electron chi connectivity index (χ1n) is 11.3. The van der Waals surface area contributed by atoms with Gasteiger partial charge in [0.2, 0.25) is 0 Å². The first kappa shape index (κ1) is 23.4. The Balaban J connectivity index is 1.38. The van der Waals surface area contributed by atoms with Crippen LogP contribution in [-0.2, 0) is 28.1 Å². The second-order valence-electron chi connectivity index (χ2n) is 8.76. The van der Waals surface area contributed by atoms with Crippen molar-refractivity contribution in [1.29, 1.82) is 0 Å². The molecule has 1 aromatic heterocycles. The molecular weight excluding hydrogens is 473 g/mol. The second-order valence-corrected chi connectivity index (χ2v) is 10.1.